The quantitative estimate of drug-likeness (QED) is 0.787. The van der Waals surface area contributed by atoms with Crippen LogP contribution in [0.25, 0.3) is 5.69 Å². The molecule has 1 aromatic carbocycles. The largest absolute Gasteiger partial charge is 0.346 e. The van der Waals surface area contributed by atoms with Crippen molar-refractivity contribution in [1.29, 1.82) is 0 Å². The lowest BCUT2D eigenvalue weighted by Gasteiger charge is -2.03. The highest BCUT2D eigenvalue weighted by atomic mass is 35.5. The number of aromatic nitrogens is 4. The van der Waals surface area contributed by atoms with Crippen molar-refractivity contribution in [1.82, 2.24) is 25.3 Å². The molecule has 0 saturated carbocycles. The molecule has 0 saturated heterocycles. The van der Waals surface area contributed by atoms with Crippen molar-refractivity contribution in [3.63, 3.8) is 0 Å². The second kappa shape index (κ2) is 6.76. The maximum atomic E-state index is 11.9. The number of rotatable bonds is 4. The van der Waals surface area contributed by atoms with Gasteiger partial charge in [-0.3, -0.25) is 9.78 Å². The molecule has 0 spiro atoms. The van der Waals surface area contributed by atoms with Crippen molar-refractivity contribution in [2.45, 2.75) is 6.54 Å². The van der Waals surface area contributed by atoms with Crippen molar-refractivity contribution >= 4 is 29.1 Å². The minimum absolute atomic E-state index is 0.225. The summed E-state index contributed by atoms with van der Waals surface area (Å²) in [6.45, 7) is 0.249. The van der Waals surface area contributed by atoms with Crippen LogP contribution in [-0.2, 0) is 6.54 Å². The van der Waals surface area contributed by atoms with Crippen molar-refractivity contribution in [3.05, 3.63) is 70.2 Å². The normalized spacial score (nSPS) is 10.5. The molecule has 8 heteroatoms. The van der Waals surface area contributed by atoms with Crippen LogP contribution >= 0.6 is 23.2 Å². The lowest BCUT2D eigenvalue weighted by Crippen LogP contribution is -2.23. The van der Waals surface area contributed by atoms with E-state index in [0.29, 0.717) is 27.0 Å². The standard InChI is InChI=1S/C15H11Cl2N5O/c16-11-3-4-14(13(17)6-11)22-9-12(20-21-22)8-19-15(23)10-2-1-5-18-7-10/h1-7,9H,8H2,(H,19,23). The third kappa shape index (κ3) is 3.67. The summed E-state index contributed by atoms with van der Waals surface area (Å²) in [5, 5.41) is 11.8. The van der Waals surface area contributed by atoms with Crippen LogP contribution < -0.4 is 5.32 Å². The summed E-state index contributed by atoms with van der Waals surface area (Å²) in [5.41, 5.74) is 1.75. The number of amides is 1. The zero-order valence-electron chi connectivity index (χ0n) is 11.8. The third-order valence-electron chi connectivity index (χ3n) is 3.05. The van der Waals surface area contributed by atoms with E-state index in [4.69, 9.17) is 23.2 Å². The van der Waals surface area contributed by atoms with E-state index in [9.17, 15) is 4.79 Å². The SMILES string of the molecule is O=C(NCc1cn(-c2ccc(Cl)cc2Cl)nn1)c1cccnc1. The van der Waals surface area contributed by atoms with E-state index in [1.165, 1.54) is 10.9 Å². The monoisotopic (exact) mass is 347 g/mol. The van der Waals surface area contributed by atoms with E-state index in [1.807, 2.05) is 0 Å². The van der Waals surface area contributed by atoms with Crippen LogP contribution in [-0.4, -0.2) is 25.9 Å². The molecule has 23 heavy (non-hydrogen) atoms. The number of pyridine rings is 1. The Balaban J connectivity index is 1.69. The van der Waals surface area contributed by atoms with Gasteiger partial charge in [0.05, 0.1) is 29.0 Å². The number of hydrogen-bond donors (Lipinski definition) is 1. The molecule has 2 aromatic heterocycles. The highest BCUT2D eigenvalue weighted by Crippen LogP contribution is 2.23. The number of nitrogens with zero attached hydrogens (tertiary/aromatic N) is 4. The van der Waals surface area contributed by atoms with Gasteiger partial charge in [-0.2, -0.15) is 0 Å². The van der Waals surface area contributed by atoms with Gasteiger partial charge in [-0.1, -0.05) is 28.4 Å². The Bertz CT molecular complexity index is 835. The highest BCUT2D eigenvalue weighted by Gasteiger charge is 2.09. The summed E-state index contributed by atoms with van der Waals surface area (Å²) >= 11 is 12.0. The lowest BCUT2D eigenvalue weighted by atomic mass is 10.2. The van der Waals surface area contributed by atoms with Crippen molar-refractivity contribution < 1.29 is 4.79 Å². The summed E-state index contributed by atoms with van der Waals surface area (Å²) < 4.78 is 1.53. The number of benzene rings is 1. The van der Waals surface area contributed by atoms with Crippen LogP contribution in [0.5, 0.6) is 0 Å². The highest BCUT2D eigenvalue weighted by molar-refractivity contribution is 6.35. The van der Waals surface area contributed by atoms with E-state index in [-0.39, 0.29) is 12.5 Å². The van der Waals surface area contributed by atoms with E-state index >= 15 is 0 Å². The molecule has 0 bridgehead atoms. The Kier molecular flexibility index (Phi) is 4.55. The van der Waals surface area contributed by atoms with Crippen LogP contribution in [0.1, 0.15) is 16.1 Å². The molecule has 0 aliphatic heterocycles. The Morgan fingerprint density at radius 3 is 2.87 bits per heavy atom. The van der Waals surface area contributed by atoms with Gasteiger partial charge in [-0.25, -0.2) is 4.68 Å². The molecule has 1 N–H and O–H groups in total. The molecule has 3 aromatic rings. The lowest BCUT2D eigenvalue weighted by molar-refractivity contribution is 0.0950. The predicted octanol–water partition coefficient (Wildman–Crippen LogP) is 2.90. The van der Waals surface area contributed by atoms with E-state index in [2.05, 4.69) is 20.6 Å². The van der Waals surface area contributed by atoms with Gasteiger partial charge >= 0.3 is 0 Å². The number of hydrogen-bond acceptors (Lipinski definition) is 4. The molecule has 0 radical (unpaired) electrons. The first-order chi connectivity index (χ1) is 11.1. The smallest absolute Gasteiger partial charge is 0.253 e. The fourth-order valence-corrected chi connectivity index (χ4v) is 2.43. The van der Waals surface area contributed by atoms with Gasteiger partial charge in [0.15, 0.2) is 0 Å². The molecule has 0 unspecified atom stereocenters. The second-order valence-electron chi connectivity index (χ2n) is 4.67. The van der Waals surface area contributed by atoms with Gasteiger partial charge in [-0.15, -0.1) is 5.10 Å². The molecule has 0 fully saturated rings. The Hall–Kier alpha value is -2.44. The number of nitrogens with one attached hydrogen (secondary N) is 1. The van der Waals surface area contributed by atoms with Crippen molar-refractivity contribution in [2.75, 3.05) is 0 Å². The first-order valence-corrected chi connectivity index (χ1v) is 7.44. The van der Waals surface area contributed by atoms with Crippen molar-refractivity contribution in [2.24, 2.45) is 0 Å². The zero-order chi connectivity index (χ0) is 16.2. The van der Waals surface area contributed by atoms with Gasteiger partial charge in [0, 0.05) is 17.4 Å². The van der Waals surface area contributed by atoms with Crippen LogP contribution in [0.15, 0.2) is 48.9 Å². The molecule has 116 valence electrons. The van der Waals surface area contributed by atoms with Crippen LogP contribution in [0.4, 0.5) is 0 Å². The van der Waals surface area contributed by atoms with Gasteiger partial charge < -0.3 is 5.32 Å². The molecule has 2 heterocycles. The van der Waals surface area contributed by atoms with Gasteiger partial charge in [0.1, 0.15) is 5.69 Å². The number of halogens is 2. The number of carbonyl (C=O) groups excluding carboxylic acids is 1. The Morgan fingerprint density at radius 1 is 1.26 bits per heavy atom. The van der Waals surface area contributed by atoms with Crippen LogP contribution in [0.2, 0.25) is 10.0 Å². The van der Waals surface area contributed by atoms with Gasteiger partial charge in [0.25, 0.3) is 5.91 Å². The minimum Gasteiger partial charge on any atom is -0.346 e. The van der Waals surface area contributed by atoms with Crippen molar-refractivity contribution in [3.8, 4) is 5.69 Å². The zero-order valence-corrected chi connectivity index (χ0v) is 13.3. The molecule has 0 aliphatic rings. The molecule has 0 atom stereocenters. The van der Waals surface area contributed by atoms with Crippen LogP contribution in [0.3, 0.4) is 0 Å². The molecule has 0 aliphatic carbocycles. The Morgan fingerprint density at radius 2 is 2.13 bits per heavy atom. The summed E-state index contributed by atoms with van der Waals surface area (Å²) in [6, 6.07) is 8.48. The maximum Gasteiger partial charge on any atom is 0.253 e. The predicted molar refractivity (Wildman–Crippen MR) is 86.8 cm³/mol. The average Bonchev–Trinajstić information content (AvgIpc) is 3.02. The summed E-state index contributed by atoms with van der Waals surface area (Å²) in [5.74, 6) is -0.225. The summed E-state index contributed by atoms with van der Waals surface area (Å²) in [7, 11) is 0. The van der Waals surface area contributed by atoms with Crippen LogP contribution in [0, 0.1) is 0 Å². The first kappa shape index (κ1) is 15.5. The fraction of sp³-hybridized carbons (Fsp3) is 0.0667. The minimum atomic E-state index is -0.225. The topological polar surface area (TPSA) is 72.7 Å². The fourth-order valence-electron chi connectivity index (χ4n) is 1.93. The molecule has 3 rings (SSSR count). The molecule has 6 nitrogen and oxygen atoms in total. The van der Waals surface area contributed by atoms with E-state index in [0.717, 1.165) is 0 Å². The maximum absolute atomic E-state index is 11.9. The second-order valence-corrected chi connectivity index (χ2v) is 5.52. The average molecular weight is 348 g/mol. The van der Waals surface area contributed by atoms with Gasteiger partial charge in [0.2, 0.25) is 0 Å². The van der Waals surface area contributed by atoms with E-state index < -0.39 is 0 Å². The Labute approximate surface area is 142 Å². The first-order valence-electron chi connectivity index (χ1n) is 6.68. The number of carbonyl (C=O) groups is 1. The van der Waals surface area contributed by atoms with Gasteiger partial charge in [-0.05, 0) is 30.3 Å². The summed E-state index contributed by atoms with van der Waals surface area (Å²) in [4.78, 5) is 15.8. The summed E-state index contributed by atoms with van der Waals surface area (Å²) in [6.07, 6.45) is 4.80. The molecule has 1 amide bonds. The van der Waals surface area contributed by atoms with E-state index in [1.54, 1.807) is 42.7 Å². The molecular weight excluding hydrogens is 337 g/mol. The third-order valence-corrected chi connectivity index (χ3v) is 3.59. The molecular formula is C15H11Cl2N5O.